The summed E-state index contributed by atoms with van der Waals surface area (Å²) in [6, 6.07) is 5.75. The van der Waals surface area contributed by atoms with Gasteiger partial charge in [0.2, 0.25) is 0 Å². The number of urea groups is 1. The molecule has 4 N–H and O–H groups in total. The molecule has 2 amide bonds. The average Bonchev–Trinajstić information content (AvgIpc) is 2.46. The molecular formula is C15H23N3O2. The molecule has 0 heterocycles. The first-order chi connectivity index (χ1) is 9.69. The van der Waals surface area contributed by atoms with Gasteiger partial charge < -0.3 is 21.1 Å². The summed E-state index contributed by atoms with van der Waals surface area (Å²) >= 11 is 0. The van der Waals surface area contributed by atoms with E-state index in [1.807, 2.05) is 18.2 Å². The Morgan fingerprint density at radius 2 is 2.10 bits per heavy atom. The summed E-state index contributed by atoms with van der Waals surface area (Å²) < 4.78 is 5.10. The molecule has 1 aliphatic carbocycles. The molecule has 110 valence electrons. The Labute approximate surface area is 119 Å². The van der Waals surface area contributed by atoms with E-state index < -0.39 is 0 Å². The summed E-state index contributed by atoms with van der Waals surface area (Å²) in [4.78, 5) is 11.8. The molecule has 0 radical (unpaired) electrons. The molecule has 1 aromatic rings. The van der Waals surface area contributed by atoms with Crippen LogP contribution >= 0.6 is 0 Å². The molecule has 20 heavy (non-hydrogen) atoms. The van der Waals surface area contributed by atoms with Crippen LogP contribution in [0.5, 0.6) is 5.75 Å². The van der Waals surface area contributed by atoms with E-state index in [1.165, 1.54) is 19.3 Å². The number of hydrogen-bond acceptors (Lipinski definition) is 3. The lowest BCUT2D eigenvalue weighted by molar-refractivity contribution is 0.232. The molecule has 1 aliphatic rings. The predicted molar refractivity (Wildman–Crippen MR) is 79.7 cm³/mol. The number of carbonyl (C=O) groups is 1. The standard InChI is InChI=1S/C15H23N3O2/c1-20-14-8-7-11(9-13(14)16)10-17-15(19)18-12-5-3-2-4-6-12/h7-9,12H,2-6,10,16H2,1H3,(H2,17,18,19). The molecule has 2 rings (SSSR count). The zero-order valence-corrected chi connectivity index (χ0v) is 11.9. The van der Waals surface area contributed by atoms with E-state index in [9.17, 15) is 4.79 Å². The van der Waals surface area contributed by atoms with E-state index in [1.54, 1.807) is 7.11 Å². The summed E-state index contributed by atoms with van der Waals surface area (Å²) in [6.45, 7) is 0.465. The van der Waals surface area contributed by atoms with Gasteiger partial charge in [-0.1, -0.05) is 25.3 Å². The Morgan fingerprint density at radius 3 is 2.75 bits per heavy atom. The van der Waals surface area contributed by atoms with Crippen LogP contribution in [-0.2, 0) is 6.54 Å². The molecule has 1 fully saturated rings. The molecular weight excluding hydrogens is 254 g/mol. The van der Waals surface area contributed by atoms with Gasteiger partial charge in [0.1, 0.15) is 5.75 Å². The van der Waals surface area contributed by atoms with Crippen LogP contribution < -0.4 is 21.1 Å². The highest BCUT2D eigenvalue weighted by Gasteiger charge is 2.15. The van der Waals surface area contributed by atoms with E-state index in [-0.39, 0.29) is 6.03 Å². The zero-order chi connectivity index (χ0) is 14.4. The summed E-state index contributed by atoms with van der Waals surface area (Å²) in [5.41, 5.74) is 7.38. The van der Waals surface area contributed by atoms with Gasteiger partial charge in [-0.15, -0.1) is 0 Å². The molecule has 0 saturated heterocycles. The van der Waals surface area contributed by atoms with E-state index in [2.05, 4.69) is 10.6 Å². The minimum atomic E-state index is -0.105. The van der Waals surface area contributed by atoms with Crippen LogP contribution in [0.1, 0.15) is 37.7 Å². The fourth-order valence-corrected chi connectivity index (χ4v) is 2.56. The molecule has 5 nitrogen and oxygen atoms in total. The number of carbonyl (C=O) groups excluding carboxylic acids is 1. The van der Waals surface area contributed by atoms with Crippen molar-refractivity contribution >= 4 is 11.7 Å². The lowest BCUT2D eigenvalue weighted by Crippen LogP contribution is -2.42. The Balaban J connectivity index is 1.79. The van der Waals surface area contributed by atoms with Crippen LogP contribution in [-0.4, -0.2) is 19.2 Å². The number of rotatable bonds is 4. The maximum atomic E-state index is 11.8. The summed E-state index contributed by atoms with van der Waals surface area (Å²) in [7, 11) is 1.58. The predicted octanol–water partition coefficient (Wildman–Crippen LogP) is 2.41. The highest BCUT2D eigenvalue weighted by molar-refractivity contribution is 5.74. The van der Waals surface area contributed by atoms with Crippen molar-refractivity contribution in [1.82, 2.24) is 10.6 Å². The van der Waals surface area contributed by atoms with Gasteiger partial charge in [-0.05, 0) is 30.5 Å². The van der Waals surface area contributed by atoms with E-state index in [0.29, 0.717) is 24.0 Å². The van der Waals surface area contributed by atoms with E-state index in [4.69, 9.17) is 10.5 Å². The van der Waals surface area contributed by atoms with Gasteiger partial charge in [-0.3, -0.25) is 0 Å². The first-order valence-corrected chi connectivity index (χ1v) is 7.16. The Kier molecular flexibility index (Phi) is 5.09. The molecule has 0 atom stereocenters. The number of nitrogens with one attached hydrogen (secondary N) is 2. The quantitative estimate of drug-likeness (QED) is 0.740. The van der Waals surface area contributed by atoms with Crippen LogP contribution in [0.25, 0.3) is 0 Å². The largest absolute Gasteiger partial charge is 0.495 e. The Morgan fingerprint density at radius 1 is 1.35 bits per heavy atom. The minimum absolute atomic E-state index is 0.105. The highest BCUT2D eigenvalue weighted by Crippen LogP contribution is 2.21. The van der Waals surface area contributed by atoms with Gasteiger partial charge in [0, 0.05) is 12.6 Å². The third-order valence-electron chi connectivity index (χ3n) is 3.69. The van der Waals surface area contributed by atoms with Crippen molar-refractivity contribution in [3.8, 4) is 5.75 Å². The minimum Gasteiger partial charge on any atom is -0.495 e. The first-order valence-electron chi connectivity index (χ1n) is 7.16. The molecule has 0 unspecified atom stereocenters. The number of hydrogen-bond donors (Lipinski definition) is 3. The van der Waals surface area contributed by atoms with E-state index in [0.717, 1.165) is 18.4 Å². The zero-order valence-electron chi connectivity index (χ0n) is 11.9. The number of anilines is 1. The van der Waals surface area contributed by atoms with Crippen molar-refractivity contribution in [2.75, 3.05) is 12.8 Å². The highest BCUT2D eigenvalue weighted by atomic mass is 16.5. The first kappa shape index (κ1) is 14.5. The molecule has 0 aromatic heterocycles. The van der Waals surface area contributed by atoms with Crippen molar-refractivity contribution in [2.24, 2.45) is 0 Å². The number of ether oxygens (including phenoxy) is 1. The van der Waals surface area contributed by atoms with Crippen molar-refractivity contribution in [3.05, 3.63) is 23.8 Å². The van der Waals surface area contributed by atoms with Gasteiger partial charge >= 0.3 is 6.03 Å². The Hall–Kier alpha value is -1.91. The third kappa shape index (κ3) is 4.05. The normalized spacial score (nSPS) is 15.7. The maximum absolute atomic E-state index is 11.8. The number of methoxy groups -OCH3 is 1. The van der Waals surface area contributed by atoms with Crippen LogP contribution in [0, 0.1) is 0 Å². The second-order valence-corrected chi connectivity index (χ2v) is 5.24. The Bertz CT molecular complexity index is 456. The number of nitrogens with two attached hydrogens (primary N) is 1. The van der Waals surface area contributed by atoms with E-state index >= 15 is 0 Å². The van der Waals surface area contributed by atoms with Crippen LogP contribution in [0.3, 0.4) is 0 Å². The van der Waals surface area contributed by atoms with Crippen molar-refractivity contribution in [3.63, 3.8) is 0 Å². The smallest absolute Gasteiger partial charge is 0.315 e. The lowest BCUT2D eigenvalue weighted by Gasteiger charge is -2.22. The summed E-state index contributed by atoms with van der Waals surface area (Å²) in [5, 5.41) is 5.88. The second-order valence-electron chi connectivity index (χ2n) is 5.24. The topological polar surface area (TPSA) is 76.4 Å². The number of nitrogen functional groups attached to an aromatic ring is 1. The molecule has 1 saturated carbocycles. The SMILES string of the molecule is COc1ccc(CNC(=O)NC2CCCCC2)cc1N. The lowest BCUT2D eigenvalue weighted by atomic mass is 9.96. The number of amides is 2. The maximum Gasteiger partial charge on any atom is 0.315 e. The van der Waals surface area contributed by atoms with Gasteiger partial charge in [-0.25, -0.2) is 4.79 Å². The van der Waals surface area contributed by atoms with Gasteiger partial charge in [-0.2, -0.15) is 0 Å². The van der Waals surface area contributed by atoms with Crippen LogP contribution in [0.2, 0.25) is 0 Å². The molecule has 0 aliphatic heterocycles. The van der Waals surface area contributed by atoms with Crippen molar-refractivity contribution in [2.45, 2.75) is 44.7 Å². The summed E-state index contributed by atoms with van der Waals surface area (Å²) in [6.07, 6.45) is 5.87. The second kappa shape index (κ2) is 7.03. The van der Waals surface area contributed by atoms with Gasteiger partial charge in [0.15, 0.2) is 0 Å². The molecule has 1 aromatic carbocycles. The van der Waals surface area contributed by atoms with Gasteiger partial charge in [0.05, 0.1) is 12.8 Å². The van der Waals surface area contributed by atoms with Crippen LogP contribution in [0.4, 0.5) is 10.5 Å². The van der Waals surface area contributed by atoms with Gasteiger partial charge in [0.25, 0.3) is 0 Å². The fraction of sp³-hybridized carbons (Fsp3) is 0.533. The monoisotopic (exact) mass is 277 g/mol. The molecule has 5 heteroatoms. The third-order valence-corrected chi connectivity index (χ3v) is 3.69. The fourth-order valence-electron chi connectivity index (χ4n) is 2.56. The average molecular weight is 277 g/mol. The van der Waals surface area contributed by atoms with Crippen molar-refractivity contribution < 1.29 is 9.53 Å². The summed E-state index contributed by atoms with van der Waals surface area (Å²) in [5.74, 6) is 0.653. The van der Waals surface area contributed by atoms with Crippen molar-refractivity contribution in [1.29, 1.82) is 0 Å². The van der Waals surface area contributed by atoms with Crippen LogP contribution in [0.15, 0.2) is 18.2 Å². The molecule has 0 spiro atoms. The number of benzene rings is 1. The molecule has 0 bridgehead atoms.